The molecule has 0 aromatic heterocycles. The van der Waals surface area contributed by atoms with Crippen molar-refractivity contribution in [2.24, 2.45) is 5.92 Å². The van der Waals surface area contributed by atoms with Gasteiger partial charge in [0.05, 0.1) is 5.84 Å². The number of amidine groups is 1. The molecule has 0 bridgehead atoms. The maximum atomic E-state index is 7.92. The molecule has 1 aliphatic carbocycles. The van der Waals surface area contributed by atoms with Crippen molar-refractivity contribution in [3.63, 3.8) is 0 Å². The van der Waals surface area contributed by atoms with Crippen LogP contribution >= 0.6 is 0 Å². The highest BCUT2D eigenvalue weighted by molar-refractivity contribution is 5.81. The lowest BCUT2D eigenvalue weighted by Gasteiger charge is -2.23. The third-order valence-corrected chi connectivity index (χ3v) is 2.71. The lowest BCUT2D eigenvalue weighted by Crippen LogP contribution is -2.31. The van der Waals surface area contributed by atoms with Crippen LogP contribution in [0.4, 0.5) is 0 Å². The maximum Gasteiger partial charge on any atom is 0.0986 e. The van der Waals surface area contributed by atoms with E-state index in [2.05, 4.69) is 11.8 Å². The van der Waals surface area contributed by atoms with Crippen molar-refractivity contribution in [3.05, 3.63) is 0 Å². The molecule has 0 amide bonds. The molecule has 1 aliphatic rings. The van der Waals surface area contributed by atoms with E-state index < -0.39 is 0 Å². The fraction of sp³-hybridized carbons (Fsp3) is 0.900. The van der Waals surface area contributed by atoms with E-state index in [1.165, 1.54) is 25.7 Å². The summed E-state index contributed by atoms with van der Waals surface area (Å²) < 4.78 is 0. The fourth-order valence-corrected chi connectivity index (χ4v) is 1.97. The van der Waals surface area contributed by atoms with Gasteiger partial charge in [-0.3, -0.25) is 5.41 Å². The molecule has 2 nitrogen and oxygen atoms in total. The summed E-state index contributed by atoms with van der Waals surface area (Å²) in [5.74, 6) is 1.44. The third-order valence-electron chi connectivity index (χ3n) is 2.71. The minimum absolute atomic E-state index is 0.571. The van der Waals surface area contributed by atoms with Gasteiger partial charge < -0.3 is 4.90 Å². The Morgan fingerprint density at radius 2 is 2.00 bits per heavy atom. The number of rotatable bonds is 3. The molecule has 0 aliphatic heterocycles. The predicted octanol–water partition coefficient (Wildman–Crippen LogP) is 2.50. The summed E-state index contributed by atoms with van der Waals surface area (Å²) in [6, 6.07) is 0. The van der Waals surface area contributed by atoms with Gasteiger partial charge in [0.1, 0.15) is 0 Å². The van der Waals surface area contributed by atoms with Crippen molar-refractivity contribution in [2.45, 2.75) is 39.0 Å². The Labute approximate surface area is 75.5 Å². The zero-order valence-electron chi connectivity index (χ0n) is 8.27. The van der Waals surface area contributed by atoms with Crippen molar-refractivity contribution in [3.8, 4) is 0 Å². The van der Waals surface area contributed by atoms with E-state index in [0.29, 0.717) is 5.92 Å². The number of hydrogen-bond acceptors (Lipinski definition) is 1. The van der Waals surface area contributed by atoms with Gasteiger partial charge in [0, 0.05) is 19.5 Å². The second-order valence-corrected chi connectivity index (χ2v) is 3.79. The monoisotopic (exact) mass is 168 g/mol. The molecule has 70 valence electrons. The van der Waals surface area contributed by atoms with Gasteiger partial charge in [-0.15, -0.1) is 0 Å². The molecule has 1 N–H and O–H groups in total. The molecule has 0 spiro atoms. The summed E-state index contributed by atoms with van der Waals surface area (Å²) in [7, 11) is 2.05. The van der Waals surface area contributed by atoms with Crippen LogP contribution in [-0.2, 0) is 0 Å². The molecule has 0 unspecified atom stereocenters. The van der Waals surface area contributed by atoms with Crippen LogP contribution in [0.3, 0.4) is 0 Å². The van der Waals surface area contributed by atoms with Crippen molar-refractivity contribution in [2.75, 3.05) is 13.6 Å². The lowest BCUT2D eigenvalue weighted by atomic mass is 10.1. The van der Waals surface area contributed by atoms with Gasteiger partial charge in [-0.1, -0.05) is 19.8 Å². The molecular weight excluding hydrogens is 148 g/mol. The van der Waals surface area contributed by atoms with E-state index in [0.717, 1.165) is 18.8 Å². The molecule has 2 heteroatoms. The Hall–Kier alpha value is -0.530. The smallest absolute Gasteiger partial charge is 0.0986 e. The van der Waals surface area contributed by atoms with E-state index in [1.807, 2.05) is 7.05 Å². The highest BCUT2D eigenvalue weighted by Gasteiger charge is 2.21. The second-order valence-electron chi connectivity index (χ2n) is 3.79. The first kappa shape index (κ1) is 9.56. The van der Waals surface area contributed by atoms with E-state index in [-0.39, 0.29) is 0 Å². The van der Waals surface area contributed by atoms with Gasteiger partial charge in [0.15, 0.2) is 0 Å². The molecule has 1 rings (SSSR count). The molecule has 1 fully saturated rings. The van der Waals surface area contributed by atoms with Gasteiger partial charge in [-0.05, 0) is 19.3 Å². The SMILES string of the molecule is CCCN(C)C(=N)C1CCCC1. The minimum atomic E-state index is 0.571. The summed E-state index contributed by atoms with van der Waals surface area (Å²) in [5.41, 5.74) is 0. The van der Waals surface area contributed by atoms with E-state index >= 15 is 0 Å². The summed E-state index contributed by atoms with van der Waals surface area (Å²) in [4.78, 5) is 2.11. The van der Waals surface area contributed by atoms with Crippen LogP contribution < -0.4 is 0 Å². The average molecular weight is 168 g/mol. The first-order valence-corrected chi connectivity index (χ1v) is 5.05. The minimum Gasteiger partial charge on any atom is -0.363 e. The lowest BCUT2D eigenvalue weighted by molar-refractivity contribution is 0.458. The number of hydrogen-bond donors (Lipinski definition) is 1. The van der Waals surface area contributed by atoms with Gasteiger partial charge in [-0.25, -0.2) is 0 Å². The van der Waals surface area contributed by atoms with Crippen molar-refractivity contribution in [1.29, 1.82) is 5.41 Å². The molecule has 0 heterocycles. The van der Waals surface area contributed by atoms with Crippen molar-refractivity contribution < 1.29 is 0 Å². The average Bonchev–Trinajstić information content (AvgIpc) is 2.55. The van der Waals surface area contributed by atoms with E-state index in [9.17, 15) is 0 Å². The van der Waals surface area contributed by atoms with Crippen LogP contribution in [0, 0.1) is 11.3 Å². The first-order valence-electron chi connectivity index (χ1n) is 5.05. The zero-order valence-corrected chi connectivity index (χ0v) is 8.27. The van der Waals surface area contributed by atoms with Crippen LogP contribution in [0.5, 0.6) is 0 Å². The summed E-state index contributed by atoms with van der Waals surface area (Å²) >= 11 is 0. The highest BCUT2D eigenvalue weighted by Crippen LogP contribution is 2.26. The Bertz CT molecular complexity index is 148. The molecule has 1 saturated carbocycles. The molecule has 0 radical (unpaired) electrons. The first-order chi connectivity index (χ1) is 5.75. The second kappa shape index (κ2) is 4.48. The van der Waals surface area contributed by atoms with E-state index in [4.69, 9.17) is 5.41 Å². The van der Waals surface area contributed by atoms with Gasteiger partial charge in [-0.2, -0.15) is 0 Å². The zero-order chi connectivity index (χ0) is 8.97. The number of nitrogens with one attached hydrogen (secondary N) is 1. The molecule has 12 heavy (non-hydrogen) atoms. The largest absolute Gasteiger partial charge is 0.363 e. The molecular formula is C10H20N2. The van der Waals surface area contributed by atoms with E-state index in [1.54, 1.807) is 0 Å². The topological polar surface area (TPSA) is 27.1 Å². The Kier molecular flexibility index (Phi) is 3.57. The molecule has 0 aromatic rings. The van der Waals surface area contributed by atoms with Gasteiger partial charge in [0.2, 0.25) is 0 Å². The highest BCUT2D eigenvalue weighted by atomic mass is 15.1. The predicted molar refractivity (Wildman–Crippen MR) is 52.6 cm³/mol. The number of nitrogens with zero attached hydrogens (tertiary/aromatic N) is 1. The normalized spacial score (nSPS) is 18.2. The molecule has 0 aromatic carbocycles. The standard InChI is InChI=1S/C10H20N2/c1-3-8-12(2)10(11)9-6-4-5-7-9/h9,11H,3-8H2,1-2H3. The fourth-order valence-electron chi connectivity index (χ4n) is 1.97. The quantitative estimate of drug-likeness (QED) is 0.508. The summed E-state index contributed by atoms with van der Waals surface area (Å²) in [6.07, 6.45) is 6.28. The van der Waals surface area contributed by atoms with Crippen LogP contribution in [0.2, 0.25) is 0 Å². The van der Waals surface area contributed by atoms with Crippen LogP contribution in [-0.4, -0.2) is 24.3 Å². The Morgan fingerprint density at radius 3 is 2.50 bits per heavy atom. The van der Waals surface area contributed by atoms with Crippen LogP contribution in [0.25, 0.3) is 0 Å². The summed E-state index contributed by atoms with van der Waals surface area (Å²) in [5, 5.41) is 7.92. The third kappa shape index (κ3) is 2.23. The molecule has 0 atom stereocenters. The Balaban J connectivity index is 2.34. The van der Waals surface area contributed by atoms with Gasteiger partial charge in [0.25, 0.3) is 0 Å². The maximum absolute atomic E-state index is 7.92. The van der Waals surface area contributed by atoms with Crippen LogP contribution in [0.1, 0.15) is 39.0 Å². The Morgan fingerprint density at radius 1 is 1.42 bits per heavy atom. The van der Waals surface area contributed by atoms with Crippen LogP contribution in [0.15, 0.2) is 0 Å². The van der Waals surface area contributed by atoms with Gasteiger partial charge >= 0.3 is 0 Å². The summed E-state index contributed by atoms with van der Waals surface area (Å²) in [6.45, 7) is 3.20. The molecule has 0 saturated heterocycles. The van der Waals surface area contributed by atoms with Crippen molar-refractivity contribution in [1.82, 2.24) is 4.90 Å². The van der Waals surface area contributed by atoms with Crippen molar-refractivity contribution >= 4 is 5.84 Å².